The molecule has 0 radical (unpaired) electrons. The summed E-state index contributed by atoms with van der Waals surface area (Å²) in [6.07, 6.45) is 6.89. The molecule has 56 heavy (non-hydrogen) atoms. The fourth-order valence-corrected chi connectivity index (χ4v) is 6.43. The average Bonchev–Trinajstić information content (AvgIpc) is 3.76. The first kappa shape index (κ1) is 37.2. The van der Waals surface area contributed by atoms with Gasteiger partial charge in [0, 0.05) is 46.2 Å². The van der Waals surface area contributed by atoms with Crippen LogP contribution in [0.2, 0.25) is 0 Å². The Morgan fingerprint density at radius 2 is 1.04 bits per heavy atom. The van der Waals surface area contributed by atoms with Crippen molar-refractivity contribution in [3.63, 3.8) is 0 Å². The number of aromatic hydroxyl groups is 2. The number of phenols is 2. The molecule has 8 aromatic rings. The van der Waals surface area contributed by atoms with E-state index in [9.17, 15) is 10.2 Å². The summed E-state index contributed by atoms with van der Waals surface area (Å²) in [6, 6.07) is 29.3. The van der Waals surface area contributed by atoms with E-state index in [0.717, 1.165) is 38.8 Å². The molecule has 0 atom stereocenters. The van der Waals surface area contributed by atoms with Gasteiger partial charge in [0.1, 0.15) is 58.6 Å². The summed E-state index contributed by atoms with van der Waals surface area (Å²) in [5, 5.41) is 22.7. The number of anilines is 2. The van der Waals surface area contributed by atoms with Crippen LogP contribution >= 0.6 is 0 Å². The summed E-state index contributed by atoms with van der Waals surface area (Å²) in [5.74, 6) is 3.25. The van der Waals surface area contributed by atoms with Crippen LogP contribution in [-0.4, -0.2) is 39.3 Å². The fourth-order valence-electron chi connectivity index (χ4n) is 6.43. The minimum Gasteiger partial charge on any atom is -0.507 e. The van der Waals surface area contributed by atoms with Crippen molar-refractivity contribution in [2.75, 3.05) is 11.5 Å². The maximum atomic E-state index is 10.7. The molecule has 0 fully saturated rings. The molecule has 4 heterocycles. The number of para-hydroxylation sites is 2. The quantitative estimate of drug-likeness (QED) is 0.128. The van der Waals surface area contributed by atoms with Crippen LogP contribution in [0.25, 0.3) is 44.3 Å². The Labute approximate surface area is 324 Å². The molecular formula is C44H44N8O4. The van der Waals surface area contributed by atoms with E-state index in [2.05, 4.69) is 66.0 Å². The van der Waals surface area contributed by atoms with Gasteiger partial charge in [-0.2, -0.15) is 0 Å². The highest BCUT2D eigenvalue weighted by Crippen LogP contribution is 2.42. The van der Waals surface area contributed by atoms with E-state index in [1.165, 1.54) is 12.7 Å². The van der Waals surface area contributed by atoms with Gasteiger partial charge in [-0.05, 0) is 95.6 Å². The molecule has 0 saturated carbocycles. The van der Waals surface area contributed by atoms with Crippen molar-refractivity contribution in [1.29, 1.82) is 0 Å². The van der Waals surface area contributed by atoms with E-state index < -0.39 is 0 Å². The zero-order valence-electron chi connectivity index (χ0n) is 32.1. The van der Waals surface area contributed by atoms with Gasteiger partial charge in [0.2, 0.25) is 0 Å². The maximum absolute atomic E-state index is 10.7. The van der Waals surface area contributed by atoms with Crippen LogP contribution < -0.4 is 20.9 Å². The summed E-state index contributed by atoms with van der Waals surface area (Å²) < 4.78 is 15.7. The van der Waals surface area contributed by atoms with Crippen LogP contribution in [0.4, 0.5) is 11.6 Å². The molecule has 12 heteroatoms. The first-order valence-electron chi connectivity index (χ1n) is 18.1. The Hall–Kier alpha value is -7.08. The van der Waals surface area contributed by atoms with Crippen molar-refractivity contribution in [3.8, 4) is 56.8 Å². The molecule has 0 spiro atoms. The lowest BCUT2D eigenvalue weighted by atomic mass is 10.0. The molecule has 0 amide bonds. The van der Waals surface area contributed by atoms with Crippen LogP contribution in [0.1, 0.15) is 41.5 Å². The molecule has 4 aromatic heterocycles. The third-order valence-corrected chi connectivity index (χ3v) is 9.15. The Kier molecular flexibility index (Phi) is 9.73. The molecule has 4 aromatic carbocycles. The van der Waals surface area contributed by atoms with Gasteiger partial charge in [-0.25, -0.2) is 19.9 Å². The minimum atomic E-state index is -0.205. The van der Waals surface area contributed by atoms with Gasteiger partial charge in [-0.15, -0.1) is 0 Å². The molecule has 284 valence electrons. The zero-order valence-corrected chi connectivity index (χ0v) is 32.1. The number of fused-ring (bicyclic) bond motifs is 2. The number of nitrogen functional groups attached to an aromatic ring is 2. The van der Waals surface area contributed by atoms with Gasteiger partial charge in [-0.1, -0.05) is 42.5 Å². The average molecular weight is 749 g/mol. The predicted molar refractivity (Wildman–Crippen MR) is 221 cm³/mol. The molecule has 6 N–H and O–H groups in total. The largest absolute Gasteiger partial charge is 0.507 e. The minimum absolute atomic E-state index is 0.0495. The van der Waals surface area contributed by atoms with Gasteiger partial charge in [-0.3, -0.25) is 0 Å². The smallest absolute Gasteiger partial charge is 0.169 e. The number of nitrogens with zero attached hydrogens (tertiary/aromatic N) is 6. The van der Waals surface area contributed by atoms with Crippen molar-refractivity contribution < 1.29 is 19.7 Å². The SMILES string of the molecule is CC(C)(C)n1cc(-c2ccc(Oc3ccccc3)c(O)c2)c2c(N)ncnc21.CC(C)(C)n1cc(-c2ccc(Oc3ccccc3)cc2O)c2c(N)ncnc21. The number of rotatable bonds is 6. The van der Waals surface area contributed by atoms with Crippen LogP contribution in [-0.2, 0) is 11.1 Å². The summed E-state index contributed by atoms with van der Waals surface area (Å²) in [6.45, 7) is 12.6. The Balaban J connectivity index is 0.000000172. The lowest BCUT2D eigenvalue weighted by molar-refractivity contribution is 0.408. The number of nitrogens with two attached hydrogens (primary N) is 2. The summed E-state index contributed by atoms with van der Waals surface area (Å²) in [7, 11) is 0. The lowest BCUT2D eigenvalue weighted by Crippen LogP contribution is -2.21. The van der Waals surface area contributed by atoms with Crippen molar-refractivity contribution in [3.05, 3.63) is 122 Å². The third kappa shape index (κ3) is 7.49. The normalized spacial score (nSPS) is 11.7. The number of aromatic nitrogens is 6. The number of ether oxygens (including phenoxy) is 2. The Bertz CT molecular complexity index is 2660. The van der Waals surface area contributed by atoms with Gasteiger partial charge in [0.25, 0.3) is 0 Å². The first-order valence-corrected chi connectivity index (χ1v) is 18.1. The molecule has 0 saturated heterocycles. The maximum Gasteiger partial charge on any atom is 0.169 e. The van der Waals surface area contributed by atoms with E-state index in [-0.39, 0.29) is 22.6 Å². The topological polar surface area (TPSA) is 172 Å². The second-order valence-electron chi connectivity index (χ2n) is 15.3. The van der Waals surface area contributed by atoms with Crippen LogP contribution in [0.15, 0.2) is 122 Å². The third-order valence-electron chi connectivity index (χ3n) is 9.15. The van der Waals surface area contributed by atoms with Gasteiger partial charge < -0.3 is 40.3 Å². The summed E-state index contributed by atoms with van der Waals surface area (Å²) in [4.78, 5) is 17.1. The highest BCUT2D eigenvalue weighted by Gasteiger charge is 2.24. The van der Waals surface area contributed by atoms with E-state index >= 15 is 0 Å². The van der Waals surface area contributed by atoms with E-state index in [1.807, 2.05) is 95.8 Å². The van der Waals surface area contributed by atoms with Crippen molar-refractivity contribution in [1.82, 2.24) is 29.1 Å². The van der Waals surface area contributed by atoms with E-state index in [4.69, 9.17) is 20.9 Å². The molecule has 0 aliphatic carbocycles. The molecule has 0 unspecified atom stereocenters. The van der Waals surface area contributed by atoms with Crippen molar-refractivity contribution >= 4 is 33.7 Å². The zero-order chi connectivity index (χ0) is 39.8. The van der Waals surface area contributed by atoms with Crippen LogP contribution in [0.5, 0.6) is 34.5 Å². The number of hydrogen-bond acceptors (Lipinski definition) is 10. The van der Waals surface area contributed by atoms with Crippen molar-refractivity contribution in [2.45, 2.75) is 52.6 Å². The second kappa shape index (κ2) is 14.6. The number of benzene rings is 4. The molecule has 8 rings (SSSR count). The Morgan fingerprint density at radius 1 is 0.518 bits per heavy atom. The number of phenolic OH excluding ortho intramolecular Hbond substituents is 2. The summed E-state index contributed by atoms with van der Waals surface area (Å²) in [5.41, 5.74) is 16.6. The highest BCUT2D eigenvalue weighted by molar-refractivity contribution is 6.02. The molecule has 0 aliphatic rings. The highest BCUT2D eigenvalue weighted by atomic mass is 16.5. The molecule has 12 nitrogen and oxygen atoms in total. The first-order chi connectivity index (χ1) is 26.7. The fraction of sp³-hybridized carbons (Fsp3) is 0.182. The lowest BCUT2D eigenvalue weighted by Gasteiger charge is -2.21. The number of hydrogen-bond donors (Lipinski definition) is 4. The molecule has 0 bridgehead atoms. The second-order valence-corrected chi connectivity index (χ2v) is 15.3. The monoisotopic (exact) mass is 748 g/mol. The van der Waals surface area contributed by atoms with Gasteiger partial charge in [0.05, 0.1) is 10.8 Å². The van der Waals surface area contributed by atoms with Crippen LogP contribution in [0, 0.1) is 0 Å². The Morgan fingerprint density at radius 3 is 1.55 bits per heavy atom. The van der Waals surface area contributed by atoms with Gasteiger partial charge in [0.15, 0.2) is 11.5 Å². The standard InChI is InChI=1S/2C22H22N4O2/c1-22(2,3)26-12-16(19-20(23)24-13-25-21(19)26)14-9-10-18(17(27)11-14)28-15-7-5-4-6-8-15;1-22(2,3)26-12-17(19-20(23)24-13-25-21(19)26)16-10-9-15(11-18(16)27)28-14-7-5-4-6-8-14/h2*4-13,27H,1-3H3,(H2,23,24,25). The van der Waals surface area contributed by atoms with E-state index in [1.54, 1.807) is 18.2 Å². The predicted octanol–water partition coefficient (Wildman–Crippen LogP) is 9.87. The van der Waals surface area contributed by atoms with E-state index in [0.29, 0.717) is 40.2 Å². The molecule has 0 aliphatic heterocycles. The van der Waals surface area contributed by atoms with Crippen LogP contribution in [0.3, 0.4) is 0 Å². The van der Waals surface area contributed by atoms with Gasteiger partial charge >= 0.3 is 0 Å². The molecular weight excluding hydrogens is 705 g/mol. The van der Waals surface area contributed by atoms with Crippen molar-refractivity contribution in [2.24, 2.45) is 0 Å². The summed E-state index contributed by atoms with van der Waals surface area (Å²) >= 11 is 0.